The minimum Gasteiger partial charge on any atom is -0.494 e. The van der Waals surface area contributed by atoms with Gasteiger partial charge in [-0.2, -0.15) is 0 Å². The molecule has 0 spiro atoms. The van der Waals surface area contributed by atoms with Gasteiger partial charge in [0.05, 0.1) is 42.4 Å². The van der Waals surface area contributed by atoms with Gasteiger partial charge in [0.2, 0.25) is 0 Å². The molecule has 0 aliphatic rings. The Morgan fingerprint density at radius 3 is 2.89 bits per heavy atom. The summed E-state index contributed by atoms with van der Waals surface area (Å²) in [4.78, 5) is 14.1. The molecule has 7 heteroatoms. The lowest BCUT2D eigenvalue weighted by Gasteiger charge is -2.08. The van der Waals surface area contributed by atoms with Crippen LogP contribution in [0.5, 0.6) is 5.75 Å². The van der Waals surface area contributed by atoms with Gasteiger partial charge >= 0.3 is 0 Å². The second-order valence-electron chi connectivity index (χ2n) is 3.54. The van der Waals surface area contributed by atoms with E-state index in [2.05, 4.69) is 4.98 Å². The Morgan fingerprint density at radius 1 is 1.56 bits per heavy atom. The first kappa shape index (κ1) is 12.1. The van der Waals surface area contributed by atoms with Gasteiger partial charge in [-0.3, -0.25) is 10.1 Å². The number of aliphatic hydroxyl groups is 1. The van der Waals surface area contributed by atoms with Gasteiger partial charge in [-0.05, 0) is 6.07 Å². The summed E-state index contributed by atoms with van der Waals surface area (Å²) in [6.07, 6.45) is 3.14. The Morgan fingerprint density at radius 2 is 2.33 bits per heavy atom. The quantitative estimate of drug-likeness (QED) is 0.651. The Kier molecular flexibility index (Phi) is 3.24. The van der Waals surface area contributed by atoms with Crippen molar-refractivity contribution in [2.24, 2.45) is 0 Å². The summed E-state index contributed by atoms with van der Waals surface area (Å²) in [5.74, 6) is 0.367. The van der Waals surface area contributed by atoms with Crippen molar-refractivity contribution in [3.05, 3.63) is 46.5 Å². The maximum absolute atomic E-state index is 10.7. The van der Waals surface area contributed by atoms with Crippen LogP contribution in [0.1, 0.15) is 5.69 Å². The highest BCUT2D eigenvalue weighted by Crippen LogP contribution is 2.27. The van der Waals surface area contributed by atoms with E-state index in [0.717, 1.165) is 0 Å². The largest absolute Gasteiger partial charge is 0.494 e. The van der Waals surface area contributed by atoms with E-state index in [1.807, 2.05) is 0 Å². The molecule has 1 N–H and O–H groups in total. The highest BCUT2D eigenvalue weighted by molar-refractivity contribution is 5.53. The maximum Gasteiger partial charge on any atom is 0.273 e. The monoisotopic (exact) mass is 249 g/mol. The van der Waals surface area contributed by atoms with Crippen LogP contribution in [0.3, 0.4) is 0 Å². The fourth-order valence-corrected chi connectivity index (χ4v) is 1.57. The first-order chi connectivity index (χ1) is 8.65. The predicted molar refractivity (Wildman–Crippen MR) is 62.7 cm³/mol. The van der Waals surface area contributed by atoms with Crippen molar-refractivity contribution < 1.29 is 14.8 Å². The third-order valence-corrected chi connectivity index (χ3v) is 2.45. The number of imidazole rings is 1. The zero-order chi connectivity index (χ0) is 13.1. The average molecular weight is 249 g/mol. The highest BCUT2D eigenvalue weighted by atomic mass is 16.6. The number of nitro benzene ring substituents is 1. The number of nitro groups is 1. The van der Waals surface area contributed by atoms with Crippen LogP contribution in [-0.2, 0) is 6.61 Å². The first-order valence-electron chi connectivity index (χ1n) is 5.12. The molecule has 0 saturated heterocycles. The number of nitrogens with zero attached hydrogens (tertiary/aromatic N) is 3. The number of rotatable bonds is 4. The maximum atomic E-state index is 10.7. The van der Waals surface area contributed by atoms with Crippen LogP contribution in [-0.4, -0.2) is 26.7 Å². The molecule has 1 aromatic heterocycles. The Hall–Kier alpha value is -2.41. The van der Waals surface area contributed by atoms with Crippen LogP contribution in [0.25, 0.3) is 5.69 Å². The lowest BCUT2D eigenvalue weighted by Crippen LogP contribution is -1.97. The first-order valence-corrected chi connectivity index (χ1v) is 5.12. The number of hydrogen-bond donors (Lipinski definition) is 1. The molecule has 2 aromatic rings. The van der Waals surface area contributed by atoms with Gasteiger partial charge in [0.15, 0.2) is 0 Å². The van der Waals surface area contributed by atoms with Crippen LogP contribution in [0.15, 0.2) is 30.7 Å². The van der Waals surface area contributed by atoms with Crippen LogP contribution in [0.2, 0.25) is 0 Å². The topological polar surface area (TPSA) is 90.4 Å². The van der Waals surface area contributed by atoms with E-state index in [4.69, 9.17) is 9.84 Å². The molecule has 1 aromatic carbocycles. The van der Waals surface area contributed by atoms with Gasteiger partial charge in [0.1, 0.15) is 5.75 Å². The van der Waals surface area contributed by atoms with Crippen LogP contribution >= 0.6 is 0 Å². The van der Waals surface area contributed by atoms with E-state index in [1.165, 1.54) is 25.6 Å². The normalized spacial score (nSPS) is 10.3. The number of non-ortho nitro benzene ring substituents is 1. The van der Waals surface area contributed by atoms with Crippen LogP contribution in [0.4, 0.5) is 5.69 Å². The van der Waals surface area contributed by atoms with Gasteiger partial charge in [-0.25, -0.2) is 4.98 Å². The lowest BCUT2D eigenvalue weighted by atomic mass is 10.2. The molecule has 94 valence electrons. The molecule has 0 radical (unpaired) electrons. The number of methoxy groups -OCH3 is 1. The van der Waals surface area contributed by atoms with Crippen molar-refractivity contribution in [1.29, 1.82) is 0 Å². The zero-order valence-electron chi connectivity index (χ0n) is 9.61. The summed E-state index contributed by atoms with van der Waals surface area (Å²) < 4.78 is 6.75. The van der Waals surface area contributed by atoms with E-state index < -0.39 is 4.92 Å². The molecule has 0 amide bonds. The minimum absolute atomic E-state index is 0.0434. The van der Waals surface area contributed by atoms with Crippen molar-refractivity contribution >= 4 is 5.69 Å². The Bertz CT molecular complexity index is 579. The third kappa shape index (κ3) is 2.16. The van der Waals surface area contributed by atoms with E-state index in [9.17, 15) is 10.1 Å². The number of benzene rings is 1. The number of hydrogen-bond acceptors (Lipinski definition) is 5. The Balaban J connectivity index is 2.47. The summed E-state index contributed by atoms with van der Waals surface area (Å²) in [7, 11) is 1.44. The number of ether oxygens (including phenoxy) is 1. The van der Waals surface area contributed by atoms with E-state index >= 15 is 0 Å². The van der Waals surface area contributed by atoms with E-state index in [1.54, 1.807) is 16.8 Å². The van der Waals surface area contributed by atoms with Gasteiger partial charge in [0, 0.05) is 12.3 Å². The molecule has 0 unspecified atom stereocenters. The van der Waals surface area contributed by atoms with Crippen molar-refractivity contribution in [3.63, 3.8) is 0 Å². The molecule has 2 rings (SSSR count). The van der Waals surface area contributed by atoms with Gasteiger partial charge in [-0.15, -0.1) is 0 Å². The molecule has 0 aliphatic carbocycles. The molecular formula is C11H11N3O4. The number of aliphatic hydroxyl groups excluding tert-OH is 1. The summed E-state index contributed by atoms with van der Waals surface area (Å²) in [5, 5.41) is 19.6. The SMILES string of the molecule is COc1cc([N+](=O)[O-])ccc1-n1cnc(CO)c1. The average Bonchev–Trinajstić information content (AvgIpc) is 2.86. The van der Waals surface area contributed by atoms with Crippen LogP contribution < -0.4 is 4.74 Å². The second kappa shape index (κ2) is 4.84. The fourth-order valence-electron chi connectivity index (χ4n) is 1.57. The summed E-state index contributed by atoms with van der Waals surface area (Å²) in [6, 6.07) is 4.30. The van der Waals surface area contributed by atoms with Gasteiger partial charge < -0.3 is 14.4 Å². The van der Waals surface area contributed by atoms with Crippen molar-refractivity contribution in [1.82, 2.24) is 9.55 Å². The summed E-state index contributed by atoms with van der Waals surface area (Å²) in [6.45, 7) is -0.164. The van der Waals surface area contributed by atoms with Crippen molar-refractivity contribution in [3.8, 4) is 11.4 Å². The molecule has 0 atom stereocenters. The molecule has 1 heterocycles. The molecule has 0 bridgehead atoms. The molecule has 7 nitrogen and oxygen atoms in total. The fraction of sp³-hybridized carbons (Fsp3) is 0.182. The van der Waals surface area contributed by atoms with Gasteiger partial charge in [-0.1, -0.05) is 0 Å². The summed E-state index contributed by atoms with van der Waals surface area (Å²) in [5.41, 5.74) is 1.09. The minimum atomic E-state index is -0.487. The molecule has 0 aliphatic heterocycles. The Labute approximate surface area is 102 Å². The zero-order valence-corrected chi connectivity index (χ0v) is 9.61. The third-order valence-electron chi connectivity index (χ3n) is 2.45. The molecular weight excluding hydrogens is 238 g/mol. The highest BCUT2D eigenvalue weighted by Gasteiger charge is 2.12. The molecule has 18 heavy (non-hydrogen) atoms. The van der Waals surface area contributed by atoms with Crippen molar-refractivity contribution in [2.75, 3.05) is 7.11 Å². The van der Waals surface area contributed by atoms with Crippen molar-refractivity contribution in [2.45, 2.75) is 6.61 Å². The smallest absolute Gasteiger partial charge is 0.273 e. The van der Waals surface area contributed by atoms with E-state index in [0.29, 0.717) is 17.1 Å². The lowest BCUT2D eigenvalue weighted by molar-refractivity contribution is -0.384. The van der Waals surface area contributed by atoms with Crippen LogP contribution in [0, 0.1) is 10.1 Å². The predicted octanol–water partition coefficient (Wildman–Crippen LogP) is 1.28. The van der Waals surface area contributed by atoms with Gasteiger partial charge in [0.25, 0.3) is 5.69 Å². The molecule has 0 fully saturated rings. The molecule has 0 saturated carbocycles. The second-order valence-corrected chi connectivity index (χ2v) is 3.54. The number of aromatic nitrogens is 2. The summed E-state index contributed by atoms with van der Waals surface area (Å²) >= 11 is 0. The standard InChI is InChI=1S/C11H11N3O4/c1-18-11-4-9(14(16)17)2-3-10(11)13-5-8(6-15)12-7-13/h2-5,7,15H,6H2,1H3. The van der Waals surface area contributed by atoms with E-state index in [-0.39, 0.29) is 12.3 Å².